The van der Waals surface area contributed by atoms with E-state index in [4.69, 9.17) is 4.74 Å². The maximum absolute atomic E-state index is 11.6. The SMILES string of the molecule is CCOC(=O)/C=C/CN1CC(=O)NC(=O)C1(C)C. The number of nitrogens with zero attached hydrogens (tertiary/aromatic N) is 1. The molecule has 0 atom stereocenters. The van der Waals surface area contributed by atoms with Crippen LogP contribution in [0.4, 0.5) is 0 Å². The Morgan fingerprint density at radius 2 is 2.17 bits per heavy atom. The molecule has 1 saturated heterocycles. The highest BCUT2D eigenvalue weighted by molar-refractivity contribution is 6.02. The van der Waals surface area contributed by atoms with Crippen LogP contribution in [0.15, 0.2) is 12.2 Å². The van der Waals surface area contributed by atoms with E-state index in [1.165, 1.54) is 6.08 Å². The van der Waals surface area contributed by atoms with Crippen molar-refractivity contribution in [2.75, 3.05) is 19.7 Å². The van der Waals surface area contributed by atoms with E-state index in [0.29, 0.717) is 13.2 Å². The third kappa shape index (κ3) is 3.40. The van der Waals surface area contributed by atoms with E-state index in [9.17, 15) is 14.4 Å². The molecule has 1 fully saturated rings. The molecule has 0 aromatic heterocycles. The van der Waals surface area contributed by atoms with E-state index in [0.717, 1.165) is 0 Å². The van der Waals surface area contributed by atoms with E-state index >= 15 is 0 Å². The molecule has 1 aliphatic rings. The molecule has 0 unspecified atom stereocenters. The molecule has 18 heavy (non-hydrogen) atoms. The molecule has 0 aliphatic carbocycles. The summed E-state index contributed by atoms with van der Waals surface area (Å²) in [5, 5.41) is 2.28. The highest BCUT2D eigenvalue weighted by Crippen LogP contribution is 2.17. The fraction of sp³-hybridized carbons (Fsp3) is 0.583. The molecular formula is C12H18N2O4. The number of carbonyl (C=O) groups excluding carboxylic acids is 3. The number of hydrogen-bond donors (Lipinski definition) is 1. The van der Waals surface area contributed by atoms with E-state index in [2.05, 4.69) is 5.32 Å². The Hall–Kier alpha value is -1.69. The lowest BCUT2D eigenvalue weighted by Crippen LogP contribution is -2.63. The van der Waals surface area contributed by atoms with Crippen LogP contribution in [-0.4, -0.2) is 47.9 Å². The Bertz CT molecular complexity index is 388. The van der Waals surface area contributed by atoms with Crippen LogP contribution in [0.5, 0.6) is 0 Å². The van der Waals surface area contributed by atoms with Crippen molar-refractivity contribution in [1.82, 2.24) is 10.2 Å². The lowest BCUT2D eigenvalue weighted by Gasteiger charge is -2.39. The first-order valence-electron chi connectivity index (χ1n) is 5.80. The molecule has 6 nitrogen and oxygen atoms in total. The first-order chi connectivity index (χ1) is 8.37. The molecule has 1 N–H and O–H groups in total. The number of amides is 2. The zero-order chi connectivity index (χ0) is 13.8. The molecule has 1 heterocycles. The van der Waals surface area contributed by atoms with Gasteiger partial charge in [-0.25, -0.2) is 4.79 Å². The minimum atomic E-state index is -0.771. The molecule has 1 rings (SSSR count). The topological polar surface area (TPSA) is 75.7 Å². The Labute approximate surface area is 106 Å². The van der Waals surface area contributed by atoms with Gasteiger partial charge in [0.1, 0.15) is 0 Å². The normalized spacial score (nSPS) is 19.9. The summed E-state index contributed by atoms with van der Waals surface area (Å²) in [6.07, 6.45) is 2.89. The maximum Gasteiger partial charge on any atom is 0.330 e. The molecule has 100 valence electrons. The summed E-state index contributed by atoms with van der Waals surface area (Å²) in [7, 11) is 0. The van der Waals surface area contributed by atoms with E-state index in [1.807, 2.05) is 0 Å². The summed E-state index contributed by atoms with van der Waals surface area (Å²) in [5.74, 6) is -1.09. The number of hydrogen-bond acceptors (Lipinski definition) is 5. The number of ether oxygens (including phenoxy) is 1. The molecule has 0 bridgehead atoms. The van der Waals surface area contributed by atoms with Crippen molar-refractivity contribution in [1.29, 1.82) is 0 Å². The average molecular weight is 254 g/mol. The molecule has 6 heteroatoms. The minimum absolute atomic E-state index is 0.131. The summed E-state index contributed by atoms with van der Waals surface area (Å²) in [5.41, 5.74) is -0.771. The first kappa shape index (κ1) is 14.4. The smallest absolute Gasteiger partial charge is 0.330 e. The van der Waals surface area contributed by atoms with Gasteiger partial charge in [0.2, 0.25) is 11.8 Å². The van der Waals surface area contributed by atoms with Gasteiger partial charge in [-0.1, -0.05) is 6.08 Å². The third-order valence-electron chi connectivity index (χ3n) is 2.80. The molecule has 0 radical (unpaired) electrons. The summed E-state index contributed by atoms with van der Waals surface area (Å²) in [6.45, 7) is 5.97. The van der Waals surface area contributed by atoms with Gasteiger partial charge in [-0.2, -0.15) is 0 Å². The van der Waals surface area contributed by atoms with Crippen molar-refractivity contribution in [3.8, 4) is 0 Å². The number of rotatable bonds is 4. The molecule has 0 spiro atoms. The number of nitrogens with one attached hydrogen (secondary N) is 1. The van der Waals surface area contributed by atoms with Crippen molar-refractivity contribution >= 4 is 17.8 Å². The highest BCUT2D eigenvalue weighted by Gasteiger charge is 2.40. The van der Waals surface area contributed by atoms with Crippen molar-refractivity contribution in [3.63, 3.8) is 0 Å². The van der Waals surface area contributed by atoms with Crippen molar-refractivity contribution in [2.45, 2.75) is 26.3 Å². The largest absolute Gasteiger partial charge is 0.463 e. The number of esters is 1. The maximum atomic E-state index is 11.6. The predicted octanol–water partition coefficient (Wildman–Crippen LogP) is -0.157. The zero-order valence-corrected chi connectivity index (χ0v) is 10.9. The Balaban J connectivity index is 2.62. The minimum Gasteiger partial charge on any atom is -0.463 e. The van der Waals surface area contributed by atoms with Gasteiger partial charge in [-0.05, 0) is 20.8 Å². The number of imide groups is 1. The van der Waals surface area contributed by atoms with Gasteiger partial charge in [0.05, 0.1) is 18.7 Å². The van der Waals surface area contributed by atoms with E-state index in [-0.39, 0.29) is 18.4 Å². The molecule has 0 aromatic rings. The van der Waals surface area contributed by atoms with Gasteiger partial charge < -0.3 is 4.74 Å². The molecular weight excluding hydrogens is 236 g/mol. The zero-order valence-electron chi connectivity index (χ0n) is 10.9. The summed E-state index contributed by atoms with van der Waals surface area (Å²) >= 11 is 0. The Morgan fingerprint density at radius 3 is 2.78 bits per heavy atom. The predicted molar refractivity (Wildman–Crippen MR) is 64.6 cm³/mol. The van der Waals surface area contributed by atoms with Crippen LogP contribution in [0.25, 0.3) is 0 Å². The molecule has 0 aromatic carbocycles. The lowest BCUT2D eigenvalue weighted by molar-refractivity contribution is -0.144. The second-order valence-corrected chi connectivity index (χ2v) is 4.47. The van der Waals surface area contributed by atoms with Crippen LogP contribution in [-0.2, 0) is 19.1 Å². The summed E-state index contributed by atoms with van der Waals surface area (Å²) in [4.78, 5) is 35.7. The van der Waals surface area contributed by atoms with Gasteiger partial charge in [-0.3, -0.25) is 19.8 Å². The monoisotopic (exact) mass is 254 g/mol. The number of carbonyl (C=O) groups is 3. The van der Waals surface area contributed by atoms with Gasteiger partial charge >= 0.3 is 5.97 Å². The molecule has 2 amide bonds. The van der Waals surface area contributed by atoms with Gasteiger partial charge in [0, 0.05) is 12.6 Å². The van der Waals surface area contributed by atoms with E-state index in [1.54, 1.807) is 31.7 Å². The third-order valence-corrected chi connectivity index (χ3v) is 2.80. The summed E-state index contributed by atoms with van der Waals surface area (Å²) in [6, 6.07) is 0. The lowest BCUT2D eigenvalue weighted by atomic mass is 9.99. The second kappa shape index (κ2) is 5.77. The standard InChI is InChI=1S/C12H18N2O4/c1-4-18-10(16)6-5-7-14-8-9(15)13-11(17)12(14,2)3/h5-6H,4,7-8H2,1-3H3,(H,13,15,17)/b6-5+. The Morgan fingerprint density at radius 1 is 1.50 bits per heavy atom. The van der Waals surface area contributed by atoms with Gasteiger partial charge in [0.15, 0.2) is 0 Å². The fourth-order valence-electron chi connectivity index (χ4n) is 1.59. The summed E-state index contributed by atoms with van der Waals surface area (Å²) < 4.78 is 4.74. The van der Waals surface area contributed by atoms with Gasteiger partial charge in [0.25, 0.3) is 0 Å². The molecule has 1 aliphatic heterocycles. The van der Waals surface area contributed by atoms with Crippen LogP contribution in [0.1, 0.15) is 20.8 Å². The van der Waals surface area contributed by atoms with Crippen molar-refractivity contribution < 1.29 is 19.1 Å². The molecule has 0 saturated carbocycles. The van der Waals surface area contributed by atoms with Gasteiger partial charge in [-0.15, -0.1) is 0 Å². The quantitative estimate of drug-likeness (QED) is 0.429. The van der Waals surface area contributed by atoms with Crippen LogP contribution < -0.4 is 5.32 Å². The highest BCUT2D eigenvalue weighted by atomic mass is 16.5. The second-order valence-electron chi connectivity index (χ2n) is 4.47. The van der Waals surface area contributed by atoms with Crippen molar-refractivity contribution in [3.05, 3.63) is 12.2 Å². The van der Waals surface area contributed by atoms with Crippen LogP contribution in [0, 0.1) is 0 Å². The van der Waals surface area contributed by atoms with Crippen LogP contribution >= 0.6 is 0 Å². The van der Waals surface area contributed by atoms with Crippen LogP contribution in [0.3, 0.4) is 0 Å². The van der Waals surface area contributed by atoms with Crippen molar-refractivity contribution in [2.24, 2.45) is 0 Å². The van der Waals surface area contributed by atoms with Crippen LogP contribution in [0.2, 0.25) is 0 Å². The number of piperazine rings is 1. The fourth-order valence-corrected chi connectivity index (χ4v) is 1.59. The first-order valence-corrected chi connectivity index (χ1v) is 5.80. The van der Waals surface area contributed by atoms with E-state index < -0.39 is 11.5 Å². The Kier molecular flexibility index (Phi) is 4.61. The average Bonchev–Trinajstić information content (AvgIpc) is 2.26.